The van der Waals surface area contributed by atoms with Crippen LogP contribution in [0.5, 0.6) is 0 Å². The molecule has 0 heterocycles. The van der Waals surface area contributed by atoms with Gasteiger partial charge >= 0.3 is 0 Å². The molecule has 5 nitrogen and oxygen atoms in total. The summed E-state index contributed by atoms with van der Waals surface area (Å²) in [6, 6.07) is 28.0. The number of benzene rings is 4. The van der Waals surface area contributed by atoms with Gasteiger partial charge in [0.15, 0.2) is 0 Å². The van der Waals surface area contributed by atoms with Crippen LogP contribution in [0.2, 0.25) is 5.02 Å². The number of carbonyl (C=O) groups is 1. The number of nitrogens with one attached hydrogen (secondary N) is 1. The predicted molar refractivity (Wildman–Crippen MR) is 151 cm³/mol. The first-order valence-corrected chi connectivity index (χ1v) is 13.8. The average molecular weight is 533 g/mol. The summed E-state index contributed by atoms with van der Waals surface area (Å²) in [4.78, 5) is 13.6. The summed E-state index contributed by atoms with van der Waals surface area (Å²) in [5, 5.41) is 3.47. The third-order valence-corrected chi connectivity index (χ3v) is 8.13. The van der Waals surface area contributed by atoms with Crippen molar-refractivity contribution < 1.29 is 13.2 Å². The van der Waals surface area contributed by atoms with Crippen molar-refractivity contribution in [2.45, 2.75) is 38.1 Å². The fourth-order valence-electron chi connectivity index (χ4n) is 3.93. The second-order valence-corrected chi connectivity index (χ2v) is 11.5. The molecule has 4 aromatic rings. The SMILES string of the molecule is Cc1ccc(S(=O)(=O)N(Cc2ccc(Cl)cc2)c2ccccc2C(=O)Nc2ccc(C(C)C)cc2)cc1. The second-order valence-electron chi connectivity index (χ2n) is 9.20. The van der Waals surface area contributed by atoms with Crippen LogP contribution in [-0.4, -0.2) is 14.3 Å². The third-order valence-electron chi connectivity index (χ3n) is 6.10. The minimum absolute atomic E-state index is 0.0285. The molecule has 0 saturated carbocycles. The molecule has 0 aliphatic heterocycles. The molecule has 1 amide bonds. The zero-order valence-electron chi connectivity index (χ0n) is 21.0. The number of aryl methyl sites for hydroxylation is 1. The van der Waals surface area contributed by atoms with Crippen molar-refractivity contribution in [3.63, 3.8) is 0 Å². The Morgan fingerprint density at radius 2 is 1.49 bits per heavy atom. The molecule has 190 valence electrons. The van der Waals surface area contributed by atoms with E-state index >= 15 is 0 Å². The van der Waals surface area contributed by atoms with Gasteiger partial charge in [-0.25, -0.2) is 8.42 Å². The van der Waals surface area contributed by atoms with Gasteiger partial charge in [0.2, 0.25) is 0 Å². The number of halogens is 1. The first-order valence-electron chi connectivity index (χ1n) is 12.0. The smallest absolute Gasteiger partial charge is 0.264 e. The van der Waals surface area contributed by atoms with Crippen molar-refractivity contribution in [2.24, 2.45) is 0 Å². The van der Waals surface area contributed by atoms with Crippen LogP contribution < -0.4 is 9.62 Å². The van der Waals surface area contributed by atoms with Crippen molar-refractivity contribution in [3.05, 3.63) is 124 Å². The standard InChI is InChI=1S/C30H29ClN2O3S/c1-21(2)24-12-16-26(17-13-24)32-30(34)28-6-4-5-7-29(28)33(20-23-10-14-25(31)15-11-23)37(35,36)27-18-8-22(3)9-19-27/h4-19,21H,20H2,1-3H3,(H,32,34). The van der Waals surface area contributed by atoms with E-state index in [0.29, 0.717) is 16.6 Å². The van der Waals surface area contributed by atoms with Crippen LogP contribution in [0.15, 0.2) is 102 Å². The van der Waals surface area contributed by atoms with E-state index in [2.05, 4.69) is 19.2 Å². The summed E-state index contributed by atoms with van der Waals surface area (Å²) < 4.78 is 29.1. The Labute approximate surface area is 223 Å². The Morgan fingerprint density at radius 3 is 2.11 bits per heavy atom. The topological polar surface area (TPSA) is 66.5 Å². The summed E-state index contributed by atoms with van der Waals surface area (Å²) in [7, 11) is -4.00. The van der Waals surface area contributed by atoms with Crippen LogP contribution in [0.1, 0.15) is 46.8 Å². The zero-order valence-corrected chi connectivity index (χ0v) is 22.6. The van der Waals surface area contributed by atoms with E-state index in [9.17, 15) is 13.2 Å². The Hall–Kier alpha value is -3.61. The molecule has 4 aromatic carbocycles. The minimum atomic E-state index is -4.00. The highest BCUT2D eigenvalue weighted by Gasteiger charge is 2.28. The van der Waals surface area contributed by atoms with Gasteiger partial charge in [-0.05, 0) is 72.5 Å². The molecule has 0 aliphatic rings. The highest BCUT2D eigenvalue weighted by atomic mass is 35.5. The van der Waals surface area contributed by atoms with Gasteiger partial charge in [-0.1, -0.05) is 79.5 Å². The molecule has 0 saturated heterocycles. The van der Waals surface area contributed by atoms with Gasteiger partial charge in [-0.3, -0.25) is 9.10 Å². The van der Waals surface area contributed by atoms with Crippen LogP contribution in [0.4, 0.5) is 11.4 Å². The van der Waals surface area contributed by atoms with Crippen molar-refractivity contribution in [1.29, 1.82) is 0 Å². The lowest BCUT2D eigenvalue weighted by Gasteiger charge is -2.27. The number of sulfonamides is 1. The van der Waals surface area contributed by atoms with Crippen molar-refractivity contribution in [1.82, 2.24) is 0 Å². The highest BCUT2D eigenvalue weighted by molar-refractivity contribution is 7.92. The quantitative estimate of drug-likeness (QED) is 0.257. The van der Waals surface area contributed by atoms with Gasteiger partial charge in [-0.15, -0.1) is 0 Å². The second kappa shape index (κ2) is 11.2. The molecule has 0 atom stereocenters. The monoisotopic (exact) mass is 532 g/mol. The summed E-state index contributed by atoms with van der Waals surface area (Å²) in [6.07, 6.45) is 0. The van der Waals surface area contributed by atoms with Gasteiger partial charge in [-0.2, -0.15) is 0 Å². The van der Waals surface area contributed by atoms with E-state index in [1.165, 1.54) is 4.31 Å². The van der Waals surface area contributed by atoms with E-state index in [-0.39, 0.29) is 22.7 Å². The molecule has 0 fully saturated rings. The molecule has 0 spiro atoms. The summed E-state index contributed by atoms with van der Waals surface area (Å²) in [5.41, 5.74) is 4.02. The van der Waals surface area contributed by atoms with Gasteiger partial charge < -0.3 is 5.32 Å². The fourth-order valence-corrected chi connectivity index (χ4v) is 5.52. The maximum atomic E-state index is 13.9. The Bertz CT molecular complexity index is 1480. The Kier molecular flexibility index (Phi) is 8.00. The van der Waals surface area contributed by atoms with Gasteiger partial charge in [0, 0.05) is 10.7 Å². The maximum absolute atomic E-state index is 13.9. The molecule has 4 rings (SSSR count). The first-order chi connectivity index (χ1) is 17.6. The van der Waals surface area contributed by atoms with Crippen LogP contribution in [-0.2, 0) is 16.6 Å². The number of anilines is 2. The molecule has 0 aliphatic carbocycles. The lowest BCUT2D eigenvalue weighted by Crippen LogP contribution is -2.32. The molecule has 0 aromatic heterocycles. The Balaban J connectivity index is 1.75. The molecule has 1 N–H and O–H groups in total. The van der Waals surface area contributed by atoms with E-state index < -0.39 is 15.9 Å². The summed E-state index contributed by atoms with van der Waals surface area (Å²) in [5.74, 6) is -0.0213. The van der Waals surface area contributed by atoms with E-state index in [0.717, 1.165) is 16.7 Å². The van der Waals surface area contributed by atoms with Crippen molar-refractivity contribution >= 4 is 38.9 Å². The van der Waals surface area contributed by atoms with Crippen LogP contribution in [0.25, 0.3) is 0 Å². The van der Waals surface area contributed by atoms with Crippen molar-refractivity contribution in [2.75, 3.05) is 9.62 Å². The molecule has 7 heteroatoms. The summed E-state index contributed by atoms with van der Waals surface area (Å²) in [6.45, 7) is 6.14. The number of nitrogens with zero attached hydrogens (tertiary/aromatic N) is 1. The highest BCUT2D eigenvalue weighted by Crippen LogP contribution is 2.30. The number of hydrogen-bond acceptors (Lipinski definition) is 3. The predicted octanol–water partition coefficient (Wildman–Crippen LogP) is 7.42. The number of rotatable bonds is 8. The maximum Gasteiger partial charge on any atom is 0.264 e. The average Bonchev–Trinajstić information content (AvgIpc) is 2.89. The fraction of sp³-hybridized carbons (Fsp3) is 0.167. The normalized spacial score (nSPS) is 11.4. The van der Waals surface area contributed by atoms with Crippen LogP contribution in [0, 0.1) is 6.92 Å². The summed E-state index contributed by atoms with van der Waals surface area (Å²) >= 11 is 6.05. The lowest BCUT2D eigenvalue weighted by atomic mass is 10.0. The number of hydrogen-bond donors (Lipinski definition) is 1. The minimum Gasteiger partial charge on any atom is -0.322 e. The van der Waals surface area contributed by atoms with Crippen LogP contribution >= 0.6 is 11.6 Å². The van der Waals surface area contributed by atoms with E-state index in [1.54, 1.807) is 72.8 Å². The zero-order chi connectivity index (χ0) is 26.6. The van der Waals surface area contributed by atoms with Crippen LogP contribution in [0.3, 0.4) is 0 Å². The molecular formula is C30H29ClN2O3S. The van der Waals surface area contributed by atoms with Gasteiger partial charge in [0.1, 0.15) is 0 Å². The molecule has 0 radical (unpaired) electrons. The number of amides is 1. The molecule has 37 heavy (non-hydrogen) atoms. The van der Waals surface area contributed by atoms with Gasteiger partial charge in [0.25, 0.3) is 15.9 Å². The molecular weight excluding hydrogens is 504 g/mol. The van der Waals surface area contributed by atoms with Crippen molar-refractivity contribution in [3.8, 4) is 0 Å². The first kappa shape index (κ1) is 26.5. The van der Waals surface area contributed by atoms with E-state index in [4.69, 9.17) is 11.6 Å². The lowest BCUT2D eigenvalue weighted by molar-refractivity contribution is 0.102. The Morgan fingerprint density at radius 1 is 0.865 bits per heavy atom. The van der Waals surface area contributed by atoms with E-state index in [1.807, 2.05) is 31.2 Å². The van der Waals surface area contributed by atoms with Gasteiger partial charge in [0.05, 0.1) is 22.7 Å². The largest absolute Gasteiger partial charge is 0.322 e. The molecule has 0 unspecified atom stereocenters. The molecule has 0 bridgehead atoms. The number of carbonyl (C=O) groups excluding carboxylic acids is 1. The third kappa shape index (κ3) is 6.21. The number of para-hydroxylation sites is 1.